The summed E-state index contributed by atoms with van der Waals surface area (Å²) in [5.41, 5.74) is 1.05. The van der Waals surface area contributed by atoms with Crippen molar-refractivity contribution in [3.63, 3.8) is 0 Å². The number of nitrogens with zero attached hydrogens (tertiary/aromatic N) is 3. The summed E-state index contributed by atoms with van der Waals surface area (Å²) in [5.74, 6) is 0.217. The summed E-state index contributed by atoms with van der Waals surface area (Å²) in [6, 6.07) is 4.55. The van der Waals surface area contributed by atoms with Gasteiger partial charge in [-0.25, -0.2) is 0 Å². The number of rotatable bonds is 2. The fourth-order valence-electron chi connectivity index (χ4n) is 2.24. The summed E-state index contributed by atoms with van der Waals surface area (Å²) in [4.78, 5) is 0. The van der Waals surface area contributed by atoms with Gasteiger partial charge in [0.25, 0.3) is 0 Å². The summed E-state index contributed by atoms with van der Waals surface area (Å²) < 4.78 is 1.92. The largest absolute Gasteiger partial charge is 0.262 e. The van der Waals surface area contributed by atoms with Crippen molar-refractivity contribution in [2.75, 3.05) is 0 Å². The van der Waals surface area contributed by atoms with Gasteiger partial charge in [0.05, 0.1) is 22.7 Å². The van der Waals surface area contributed by atoms with Crippen LogP contribution in [0, 0.1) is 24.2 Å². The van der Waals surface area contributed by atoms with Crippen molar-refractivity contribution in [3.8, 4) is 6.07 Å². The van der Waals surface area contributed by atoms with Crippen LogP contribution < -0.4 is 0 Å². The van der Waals surface area contributed by atoms with Crippen LogP contribution in [0.3, 0.4) is 0 Å². The molecule has 0 aromatic carbocycles. The molecule has 3 nitrogen and oxygen atoms in total. The number of hydrogen-bond acceptors (Lipinski definition) is 3. The van der Waals surface area contributed by atoms with Gasteiger partial charge in [0.2, 0.25) is 0 Å². The molecule has 2 rings (SSSR count). The lowest BCUT2D eigenvalue weighted by Crippen LogP contribution is -2.20. The molecule has 1 aliphatic rings. The Kier molecular flexibility index (Phi) is 3.55. The van der Waals surface area contributed by atoms with Gasteiger partial charge in [-0.15, -0.1) is 11.8 Å². The number of aryl methyl sites for hydroxylation is 2. The molecule has 2 atom stereocenters. The van der Waals surface area contributed by atoms with Crippen LogP contribution in [-0.2, 0) is 7.05 Å². The van der Waals surface area contributed by atoms with Crippen LogP contribution >= 0.6 is 11.8 Å². The number of thioether (sulfide) groups is 1. The highest BCUT2D eigenvalue weighted by Gasteiger charge is 2.26. The van der Waals surface area contributed by atoms with Gasteiger partial charge in [-0.2, -0.15) is 10.4 Å². The number of aromatic nitrogens is 2. The van der Waals surface area contributed by atoms with Gasteiger partial charge in [-0.3, -0.25) is 4.68 Å². The highest BCUT2D eigenvalue weighted by molar-refractivity contribution is 7.99. The smallest absolute Gasteiger partial charge is 0.0942 e. The Morgan fingerprint density at radius 2 is 2.25 bits per heavy atom. The molecular formula is C12H17N3S. The summed E-state index contributed by atoms with van der Waals surface area (Å²) in [5, 5.41) is 15.1. The minimum absolute atomic E-state index is 0.217. The Balaban J connectivity index is 2.08. The van der Waals surface area contributed by atoms with E-state index < -0.39 is 0 Å². The molecule has 4 heteroatoms. The fourth-order valence-corrected chi connectivity index (χ4v) is 3.63. The molecular weight excluding hydrogens is 218 g/mol. The van der Waals surface area contributed by atoms with Crippen molar-refractivity contribution in [1.29, 1.82) is 5.26 Å². The van der Waals surface area contributed by atoms with Gasteiger partial charge >= 0.3 is 0 Å². The minimum atomic E-state index is 0.217. The number of hydrogen-bond donors (Lipinski definition) is 0. The summed E-state index contributed by atoms with van der Waals surface area (Å²) in [6.07, 6.45) is 4.69. The van der Waals surface area contributed by atoms with E-state index in [0.29, 0.717) is 5.25 Å². The quantitative estimate of drug-likeness (QED) is 0.791. The van der Waals surface area contributed by atoms with Gasteiger partial charge < -0.3 is 0 Å². The molecule has 0 N–H and O–H groups in total. The average molecular weight is 235 g/mol. The van der Waals surface area contributed by atoms with E-state index in [0.717, 1.165) is 18.5 Å². The van der Waals surface area contributed by atoms with Crippen LogP contribution in [-0.4, -0.2) is 15.0 Å². The first-order valence-corrected chi connectivity index (χ1v) is 6.65. The van der Waals surface area contributed by atoms with Gasteiger partial charge in [-0.05, 0) is 25.8 Å². The maximum absolute atomic E-state index is 9.13. The Hall–Kier alpha value is -0.950. The zero-order valence-electron chi connectivity index (χ0n) is 9.81. The lowest BCUT2D eigenvalue weighted by molar-refractivity contribution is 0.439. The molecule has 1 aromatic rings. The van der Waals surface area contributed by atoms with Crippen LogP contribution in [0.15, 0.2) is 11.1 Å². The summed E-state index contributed by atoms with van der Waals surface area (Å²) >= 11 is 1.82. The third kappa shape index (κ3) is 2.41. The second-order valence-corrected chi connectivity index (χ2v) is 5.68. The molecule has 1 aromatic heterocycles. The maximum Gasteiger partial charge on any atom is 0.0942 e. The molecule has 1 aliphatic carbocycles. The van der Waals surface area contributed by atoms with Crippen molar-refractivity contribution < 1.29 is 0 Å². The molecule has 16 heavy (non-hydrogen) atoms. The molecule has 0 saturated heterocycles. The zero-order valence-corrected chi connectivity index (χ0v) is 10.6. The van der Waals surface area contributed by atoms with Crippen molar-refractivity contribution >= 4 is 11.8 Å². The molecule has 0 aliphatic heterocycles. The van der Waals surface area contributed by atoms with Gasteiger partial charge in [0, 0.05) is 12.3 Å². The molecule has 1 saturated carbocycles. The lowest BCUT2D eigenvalue weighted by Gasteiger charge is -2.25. The molecule has 0 bridgehead atoms. The van der Waals surface area contributed by atoms with E-state index in [-0.39, 0.29) is 5.92 Å². The van der Waals surface area contributed by atoms with Crippen LogP contribution in [0.1, 0.15) is 31.4 Å². The van der Waals surface area contributed by atoms with Crippen LogP contribution in [0.25, 0.3) is 0 Å². The fraction of sp³-hybridized carbons (Fsp3) is 0.667. The van der Waals surface area contributed by atoms with Crippen LogP contribution in [0.2, 0.25) is 0 Å². The average Bonchev–Trinajstić information content (AvgIpc) is 2.58. The van der Waals surface area contributed by atoms with E-state index in [4.69, 9.17) is 5.26 Å². The molecule has 0 spiro atoms. The topological polar surface area (TPSA) is 41.6 Å². The third-order valence-corrected chi connectivity index (χ3v) is 4.59. The third-order valence-electron chi connectivity index (χ3n) is 3.10. The second kappa shape index (κ2) is 4.92. The van der Waals surface area contributed by atoms with Crippen molar-refractivity contribution in [2.45, 2.75) is 42.9 Å². The number of nitriles is 1. The van der Waals surface area contributed by atoms with Gasteiger partial charge in [0.15, 0.2) is 0 Å². The van der Waals surface area contributed by atoms with Crippen molar-refractivity contribution in [1.82, 2.24) is 9.78 Å². The predicted octanol–water partition coefficient (Wildman–Crippen LogP) is 2.90. The van der Waals surface area contributed by atoms with Crippen LogP contribution in [0.5, 0.6) is 0 Å². The SMILES string of the molecule is Cc1cc(SC2CCCCC2C#N)n(C)n1. The highest BCUT2D eigenvalue weighted by Crippen LogP contribution is 2.37. The van der Waals surface area contributed by atoms with Crippen molar-refractivity contribution in [3.05, 3.63) is 11.8 Å². The highest BCUT2D eigenvalue weighted by atomic mass is 32.2. The molecule has 1 fully saturated rings. The Morgan fingerprint density at radius 1 is 1.50 bits per heavy atom. The molecule has 0 radical (unpaired) electrons. The van der Waals surface area contributed by atoms with E-state index in [1.165, 1.54) is 17.9 Å². The van der Waals surface area contributed by atoms with E-state index in [9.17, 15) is 0 Å². The van der Waals surface area contributed by atoms with E-state index in [1.54, 1.807) is 0 Å². The standard InChI is InChI=1S/C12H17N3S/c1-9-7-12(15(2)14-9)16-11-6-4-3-5-10(11)8-13/h7,10-11H,3-6H2,1-2H3. The van der Waals surface area contributed by atoms with Gasteiger partial charge in [-0.1, -0.05) is 12.8 Å². The van der Waals surface area contributed by atoms with E-state index in [1.807, 2.05) is 30.4 Å². The first-order chi connectivity index (χ1) is 7.70. The zero-order chi connectivity index (χ0) is 11.5. The van der Waals surface area contributed by atoms with E-state index >= 15 is 0 Å². The Bertz CT molecular complexity index is 405. The second-order valence-electron chi connectivity index (χ2n) is 4.42. The first-order valence-electron chi connectivity index (χ1n) is 5.77. The van der Waals surface area contributed by atoms with E-state index in [2.05, 4.69) is 17.2 Å². The summed E-state index contributed by atoms with van der Waals surface area (Å²) in [7, 11) is 1.97. The molecule has 0 amide bonds. The predicted molar refractivity (Wildman–Crippen MR) is 65.2 cm³/mol. The molecule has 1 heterocycles. The Labute approximate surface area is 101 Å². The normalized spacial score (nSPS) is 25.3. The first kappa shape index (κ1) is 11.5. The Morgan fingerprint density at radius 3 is 2.88 bits per heavy atom. The van der Waals surface area contributed by atoms with Crippen molar-refractivity contribution in [2.24, 2.45) is 13.0 Å². The summed E-state index contributed by atoms with van der Waals surface area (Å²) in [6.45, 7) is 2.01. The van der Waals surface area contributed by atoms with Crippen LogP contribution in [0.4, 0.5) is 0 Å². The lowest BCUT2D eigenvalue weighted by atomic mass is 9.90. The molecule has 2 unspecified atom stereocenters. The molecule has 86 valence electrons. The van der Waals surface area contributed by atoms with Gasteiger partial charge in [0.1, 0.15) is 0 Å². The minimum Gasteiger partial charge on any atom is -0.262 e. The monoisotopic (exact) mass is 235 g/mol. The maximum atomic E-state index is 9.13.